The predicted octanol–water partition coefficient (Wildman–Crippen LogP) is 1.38. The first kappa shape index (κ1) is 12.2. The second-order valence-electron chi connectivity index (χ2n) is 4.44. The second-order valence-corrected chi connectivity index (χ2v) is 4.44. The smallest absolute Gasteiger partial charge is 0.0827 e. The number of aryl methyl sites for hydroxylation is 2. The van der Waals surface area contributed by atoms with Crippen molar-refractivity contribution < 1.29 is 0 Å². The van der Waals surface area contributed by atoms with E-state index in [1.54, 1.807) is 4.68 Å². The van der Waals surface area contributed by atoms with E-state index in [1.807, 2.05) is 13.2 Å². The summed E-state index contributed by atoms with van der Waals surface area (Å²) < 4.78 is 1.76. The maximum Gasteiger partial charge on any atom is 0.0827 e. The number of hydrogen-bond donors (Lipinski definition) is 1. The lowest BCUT2D eigenvalue weighted by Gasteiger charge is -2.06. The van der Waals surface area contributed by atoms with Crippen LogP contribution in [0.4, 0.5) is 0 Å². The summed E-state index contributed by atoms with van der Waals surface area (Å²) in [5, 5.41) is 11.4. The predicted molar refractivity (Wildman–Crippen MR) is 61.6 cm³/mol. The van der Waals surface area contributed by atoms with Crippen LogP contribution in [0.3, 0.4) is 0 Å². The van der Waals surface area contributed by atoms with Gasteiger partial charge in [-0.3, -0.25) is 4.68 Å². The lowest BCUT2D eigenvalue weighted by atomic mass is 10.2. The molecule has 1 aromatic rings. The Hall–Kier alpha value is -0.900. The fraction of sp³-hybridized carbons (Fsp3) is 0.818. The van der Waals surface area contributed by atoms with Crippen LogP contribution in [-0.2, 0) is 13.5 Å². The number of aromatic nitrogens is 3. The molecular formula is C11H22N4. The highest BCUT2D eigenvalue weighted by Crippen LogP contribution is 1.99. The number of hydrogen-bond acceptors (Lipinski definition) is 3. The molecule has 0 bridgehead atoms. The normalized spacial score (nSPS) is 11.2. The lowest BCUT2D eigenvalue weighted by Crippen LogP contribution is -2.20. The zero-order valence-electron chi connectivity index (χ0n) is 10.0. The van der Waals surface area contributed by atoms with E-state index in [2.05, 4.69) is 29.5 Å². The number of nitrogens with one attached hydrogen (secondary N) is 1. The van der Waals surface area contributed by atoms with E-state index in [-0.39, 0.29) is 0 Å². The van der Waals surface area contributed by atoms with Crippen molar-refractivity contribution in [3.05, 3.63) is 11.9 Å². The van der Waals surface area contributed by atoms with E-state index in [0.717, 1.165) is 31.1 Å². The molecular weight excluding hydrogens is 188 g/mol. The van der Waals surface area contributed by atoms with Crippen LogP contribution in [-0.4, -0.2) is 28.1 Å². The minimum atomic E-state index is 0.741. The van der Waals surface area contributed by atoms with Gasteiger partial charge in [-0.15, -0.1) is 5.10 Å². The third-order valence-electron chi connectivity index (χ3n) is 2.24. The van der Waals surface area contributed by atoms with Crippen LogP contribution in [0.2, 0.25) is 0 Å². The molecule has 4 nitrogen and oxygen atoms in total. The van der Waals surface area contributed by atoms with Gasteiger partial charge in [0.1, 0.15) is 0 Å². The molecule has 0 unspecified atom stereocenters. The van der Waals surface area contributed by atoms with Gasteiger partial charge in [0.05, 0.1) is 5.69 Å². The minimum Gasteiger partial charge on any atom is -0.316 e. The molecule has 0 aromatic carbocycles. The van der Waals surface area contributed by atoms with Crippen LogP contribution in [0.15, 0.2) is 6.20 Å². The van der Waals surface area contributed by atoms with Crippen molar-refractivity contribution in [1.29, 1.82) is 0 Å². The fourth-order valence-electron chi connectivity index (χ4n) is 1.46. The van der Waals surface area contributed by atoms with Crippen molar-refractivity contribution in [2.45, 2.75) is 33.1 Å². The molecule has 0 saturated carbocycles. The van der Waals surface area contributed by atoms with E-state index in [4.69, 9.17) is 0 Å². The van der Waals surface area contributed by atoms with Gasteiger partial charge in [0.2, 0.25) is 0 Å². The Balaban J connectivity index is 1.98. The zero-order chi connectivity index (χ0) is 11.1. The monoisotopic (exact) mass is 210 g/mol. The zero-order valence-corrected chi connectivity index (χ0v) is 10.0. The van der Waals surface area contributed by atoms with Gasteiger partial charge in [-0.05, 0) is 38.3 Å². The van der Waals surface area contributed by atoms with Crippen LogP contribution in [0.5, 0.6) is 0 Å². The summed E-state index contributed by atoms with van der Waals surface area (Å²) in [7, 11) is 1.90. The van der Waals surface area contributed by atoms with Crippen molar-refractivity contribution in [1.82, 2.24) is 20.3 Å². The van der Waals surface area contributed by atoms with Crippen molar-refractivity contribution in [3.8, 4) is 0 Å². The van der Waals surface area contributed by atoms with Crippen molar-refractivity contribution in [3.63, 3.8) is 0 Å². The second kappa shape index (κ2) is 6.56. The Morgan fingerprint density at radius 2 is 2.20 bits per heavy atom. The lowest BCUT2D eigenvalue weighted by molar-refractivity contribution is 0.535. The van der Waals surface area contributed by atoms with Crippen LogP contribution in [0.25, 0.3) is 0 Å². The number of nitrogens with zero attached hydrogens (tertiary/aromatic N) is 3. The molecule has 1 N–H and O–H groups in total. The van der Waals surface area contributed by atoms with Gasteiger partial charge >= 0.3 is 0 Å². The van der Waals surface area contributed by atoms with Crippen LogP contribution < -0.4 is 5.32 Å². The Morgan fingerprint density at radius 1 is 1.40 bits per heavy atom. The SMILES string of the molecule is CC(C)CNCCCCc1cn(C)nn1. The topological polar surface area (TPSA) is 42.7 Å². The van der Waals surface area contributed by atoms with Crippen molar-refractivity contribution in [2.75, 3.05) is 13.1 Å². The molecule has 1 rings (SSSR count). The standard InChI is InChI=1S/C11H22N4/c1-10(2)8-12-7-5-4-6-11-9-15(3)14-13-11/h9-10,12H,4-8H2,1-3H3. The number of unbranched alkanes of at least 4 members (excludes halogenated alkanes) is 1. The molecule has 0 aliphatic heterocycles. The van der Waals surface area contributed by atoms with Crippen LogP contribution in [0, 0.1) is 5.92 Å². The first-order valence-corrected chi connectivity index (χ1v) is 5.74. The van der Waals surface area contributed by atoms with E-state index in [9.17, 15) is 0 Å². The number of rotatable bonds is 7. The molecule has 0 saturated heterocycles. The van der Waals surface area contributed by atoms with E-state index >= 15 is 0 Å². The molecule has 4 heteroatoms. The summed E-state index contributed by atoms with van der Waals surface area (Å²) in [4.78, 5) is 0. The summed E-state index contributed by atoms with van der Waals surface area (Å²) in [5.74, 6) is 0.741. The maximum atomic E-state index is 4.05. The highest BCUT2D eigenvalue weighted by Gasteiger charge is 1.98. The fourth-order valence-corrected chi connectivity index (χ4v) is 1.46. The maximum absolute atomic E-state index is 4.05. The minimum absolute atomic E-state index is 0.741. The molecule has 0 atom stereocenters. The molecule has 0 radical (unpaired) electrons. The molecule has 86 valence electrons. The highest BCUT2D eigenvalue weighted by molar-refractivity contribution is 4.91. The Kier molecular flexibility index (Phi) is 5.32. The summed E-state index contributed by atoms with van der Waals surface area (Å²) >= 11 is 0. The molecule has 1 aromatic heterocycles. The molecule has 0 fully saturated rings. The van der Waals surface area contributed by atoms with Crippen molar-refractivity contribution in [2.24, 2.45) is 13.0 Å². The third kappa shape index (κ3) is 5.52. The summed E-state index contributed by atoms with van der Waals surface area (Å²) in [6.07, 6.45) is 5.42. The average Bonchev–Trinajstić information content (AvgIpc) is 2.57. The summed E-state index contributed by atoms with van der Waals surface area (Å²) in [6, 6.07) is 0. The summed E-state index contributed by atoms with van der Waals surface area (Å²) in [6.45, 7) is 6.68. The van der Waals surface area contributed by atoms with Crippen LogP contribution in [0.1, 0.15) is 32.4 Å². The Labute approximate surface area is 92.1 Å². The van der Waals surface area contributed by atoms with E-state index < -0.39 is 0 Å². The Bertz CT molecular complexity index is 267. The largest absolute Gasteiger partial charge is 0.316 e. The third-order valence-corrected chi connectivity index (χ3v) is 2.24. The molecule has 15 heavy (non-hydrogen) atoms. The molecule has 0 aliphatic rings. The van der Waals surface area contributed by atoms with Gasteiger partial charge in [0.25, 0.3) is 0 Å². The summed E-state index contributed by atoms with van der Waals surface area (Å²) in [5.41, 5.74) is 1.10. The first-order chi connectivity index (χ1) is 7.18. The van der Waals surface area contributed by atoms with Crippen molar-refractivity contribution >= 4 is 0 Å². The van der Waals surface area contributed by atoms with Gasteiger partial charge in [-0.2, -0.15) is 0 Å². The van der Waals surface area contributed by atoms with Gasteiger partial charge in [0, 0.05) is 13.2 Å². The average molecular weight is 210 g/mol. The highest BCUT2D eigenvalue weighted by atomic mass is 15.4. The molecule has 0 aliphatic carbocycles. The molecule has 1 heterocycles. The van der Waals surface area contributed by atoms with Gasteiger partial charge in [0.15, 0.2) is 0 Å². The van der Waals surface area contributed by atoms with Crippen LogP contribution >= 0.6 is 0 Å². The quantitative estimate of drug-likeness (QED) is 0.691. The van der Waals surface area contributed by atoms with Gasteiger partial charge in [-0.25, -0.2) is 0 Å². The van der Waals surface area contributed by atoms with Gasteiger partial charge in [-0.1, -0.05) is 19.1 Å². The molecule has 0 spiro atoms. The van der Waals surface area contributed by atoms with Gasteiger partial charge < -0.3 is 5.32 Å². The first-order valence-electron chi connectivity index (χ1n) is 5.74. The Morgan fingerprint density at radius 3 is 2.80 bits per heavy atom. The molecule has 0 amide bonds. The van der Waals surface area contributed by atoms with E-state index in [0.29, 0.717) is 0 Å². The van der Waals surface area contributed by atoms with E-state index in [1.165, 1.54) is 12.8 Å².